The van der Waals surface area contributed by atoms with Gasteiger partial charge in [0.1, 0.15) is 0 Å². The maximum atomic E-state index is 5.81. The maximum absolute atomic E-state index is 5.81. The molecule has 0 saturated carbocycles. The largest absolute Gasteiger partial charge is 0.303 e. The van der Waals surface area contributed by atoms with Crippen LogP contribution in [0.4, 0.5) is 0 Å². The highest BCUT2D eigenvalue weighted by molar-refractivity contribution is 6.32. The summed E-state index contributed by atoms with van der Waals surface area (Å²) in [6.45, 7) is 5.89. The summed E-state index contributed by atoms with van der Waals surface area (Å²) in [5.41, 5.74) is 1.60. The number of hydrogen-bond donors (Lipinski definition) is 0. The van der Waals surface area contributed by atoms with Gasteiger partial charge in [-0.15, -0.1) is 0 Å². The Morgan fingerprint density at radius 1 is 1.38 bits per heavy atom. The van der Waals surface area contributed by atoms with Gasteiger partial charge in [-0.1, -0.05) is 25.4 Å². The summed E-state index contributed by atoms with van der Waals surface area (Å²) >= 11 is 5.81. The summed E-state index contributed by atoms with van der Waals surface area (Å²) < 4.78 is 1.85. The van der Waals surface area contributed by atoms with Gasteiger partial charge in [0.2, 0.25) is 0 Å². The van der Waals surface area contributed by atoms with E-state index in [1.807, 2.05) is 37.6 Å². The molecule has 2 heterocycles. The molecule has 0 aliphatic rings. The molecular weight excluding hydrogens is 186 g/mol. The van der Waals surface area contributed by atoms with Crippen molar-refractivity contribution >= 4 is 17.2 Å². The first-order valence-electron chi connectivity index (χ1n) is 4.23. The summed E-state index contributed by atoms with van der Waals surface area (Å²) in [6.07, 6.45) is 5.42. The molecule has 0 radical (unpaired) electrons. The zero-order valence-electron chi connectivity index (χ0n) is 7.95. The van der Waals surface area contributed by atoms with E-state index in [4.69, 9.17) is 11.6 Å². The van der Waals surface area contributed by atoms with Crippen LogP contribution in [0.2, 0.25) is 5.15 Å². The number of aromatic nitrogens is 3. The topological polar surface area (TPSA) is 30.2 Å². The van der Waals surface area contributed by atoms with Gasteiger partial charge in [0.05, 0.1) is 5.69 Å². The van der Waals surface area contributed by atoms with Gasteiger partial charge >= 0.3 is 0 Å². The minimum Gasteiger partial charge on any atom is -0.303 e. The van der Waals surface area contributed by atoms with Crippen LogP contribution >= 0.6 is 11.6 Å². The molecule has 0 saturated heterocycles. The lowest BCUT2D eigenvalue weighted by Gasteiger charge is -1.96. The van der Waals surface area contributed by atoms with E-state index >= 15 is 0 Å². The lowest BCUT2D eigenvalue weighted by Crippen LogP contribution is -1.90. The van der Waals surface area contributed by atoms with Gasteiger partial charge in [-0.05, 0) is 6.92 Å². The fraction of sp³-hybridized carbons (Fsp3) is 0.333. The Labute approximate surface area is 82.4 Å². The third kappa shape index (κ3) is 1.98. The molecule has 0 unspecified atom stereocenters. The molecule has 0 spiro atoms. The van der Waals surface area contributed by atoms with Crippen LogP contribution in [0.3, 0.4) is 0 Å². The fourth-order valence-corrected chi connectivity index (χ4v) is 1.29. The van der Waals surface area contributed by atoms with Gasteiger partial charge in [0.25, 0.3) is 0 Å². The average Bonchev–Trinajstić information content (AvgIpc) is 2.55. The lowest BCUT2D eigenvalue weighted by molar-refractivity contribution is 1.07. The Morgan fingerprint density at radius 3 is 2.77 bits per heavy atom. The molecule has 13 heavy (non-hydrogen) atoms. The molecule has 0 atom stereocenters. The van der Waals surface area contributed by atoms with Gasteiger partial charge in [-0.3, -0.25) is 0 Å². The van der Waals surface area contributed by atoms with Crippen molar-refractivity contribution in [3.63, 3.8) is 0 Å². The summed E-state index contributed by atoms with van der Waals surface area (Å²) in [5, 5.41) is 0.454. The molecule has 0 aromatic carbocycles. The molecule has 0 amide bonds. The highest BCUT2D eigenvalue weighted by Gasteiger charge is 2.00. The van der Waals surface area contributed by atoms with Gasteiger partial charge < -0.3 is 4.40 Å². The normalized spacial score (nSPS) is 9.54. The van der Waals surface area contributed by atoms with Crippen molar-refractivity contribution in [2.24, 2.45) is 0 Å². The minimum absolute atomic E-state index is 0.454. The SMILES string of the molecule is CC.Cc1cn2ccnc2c(Cl)n1. The van der Waals surface area contributed by atoms with Crippen molar-refractivity contribution in [2.45, 2.75) is 20.8 Å². The highest BCUT2D eigenvalue weighted by atomic mass is 35.5. The van der Waals surface area contributed by atoms with Crippen molar-refractivity contribution in [3.8, 4) is 0 Å². The molecular formula is C9H12ClN3. The van der Waals surface area contributed by atoms with Crippen molar-refractivity contribution in [3.05, 3.63) is 29.4 Å². The monoisotopic (exact) mass is 197 g/mol. The van der Waals surface area contributed by atoms with Crippen molar-refractivity contribution in [2.75, 3.05) is 0 Å². The fourth-order valence-electron chi connectivity index (χ4n) is 1.01. The first-order valence-corrected chi connectivity index (χ1v) is 4.61. The molecule has 2 aromatic rings. The third-order valence-electron chi connectivity index (χ3n) is 1.45. The Balaban J connectivity index is 0.000000396. The van der Waals surface area contributed by atoms with Gasteiger partial charge in [-0.2, -0.15) is 0 Å². The smallest absolute Gasteiger partial charge is 0.174 e. The summed E-state index contributed by atoms with van der Waals surface area (Å²) in [7, 11) is 0. The zero-order chi connectivity index (χ0) is 9.84. The Morgan fingerprint density at radius 2 is 2.08 bits per heavy atom. The molecule has 0 aliphatic carbocycles. The van der Waals surface area contributed by atoms with Crippen LogP contribution in [0.15, 0.2) is 18.6 Å². The van der Waals surface area contributed by atoms with E-state index in [1.54, 1.807) is 6.20 Å². The Bertz CT molecular complexity index is 395. The quantitative estimate of drug-likeness (QED) is 0.650. The maximum Gasteiger partial charge on any atom is 0.174 e. The zero-order valence-corrected chi connectivity index (χ0v) is 8.71. The number of imidazole rings is 1. The van der Waals surface area contributed by atoms with Crippen molar-refractivity contribution < 1.29 is 0 Å². The molecule has 0 aliphatic heterocycles. The number of nitrogens with zero attached hydrogens (tertiary/aromatic N) is 3. The second-order valence-corrected chi connectivity index (χ2v) is 2.69. The molecule has 70 valence electrons. The number of rotatable bonds is 0. The van der Waals surface area contributed by atoms with Crippen molar-refractivity contribution in [1.82, 2.24) is 14.4 Å². The van der Waals surface area contributed by atoms with Crippen LogP contribution in [0.1, 0.15) is 19.5 Å². The Kier molecular flexibility index (Phi) is 3.25. The van der Waals surface area contributed by atoms with Crippen LogP contribution in [0.5, 0.6) is 0 Å². The second kappa shape index (κ2) is 4.23. The first kappa shape index (κ1) is 9.99. The number of aryl methyl sites for hydroxylation is 1. The van der Waals surface area contributed by atoms with Crippen molar-refractivity contribution in [1.29, 1.82) is 0 Å². The molecule has 2 rings (SSSR count). The van der Waals surface area contributed by atoms with E-state index in [2.05, 4.69) is 9.97 Å². The first-order chi connectivity index (χ1) is 6.27. The van der Waals surface area contributed by atoms with Crippen LogP contribution in [-0.2, 0) is 0 Å². The Hall–Kier alpha value is -1.09. The highest BCUT2D eigenvalue weighted by Crippen LogP contribution is 2.12. The molecule has 2 aromatic heterocycles. The van der Waals surface area contributed by atoms with Crippen LogP contribution in [-0.4, -0.2) is 14.4 Å². The predicted molar refractivity (Wildman–Crippen MR) is 54.1 cm³/mol. The molecule has 3 nitrogen and oxygen atoms in total. The van der Waals surface area contributed by atoms with E-state index in [0.29, 0.717) is 10.8 Å². The standard InChI is InChI=1S/C7H6ClN3.C2H6/c1-5-4-11-3-2-9-7(11)6(8)10-5;1-2/h2-4H,1H3;1-2H3. The van der Waals surface area contributed by atoms with E-state index in [0.717, 1.165) is 5.69 Å². The number of halogens is 1. The molecule has 0 N–H and O–H groups in total. The van der Waals surface area contributed by atoms with E-state index in [9.17, 15) is 0 Å². The van der Waals surface area contributed by atoms with Crippen LogP contribution in [0, 0.1) is 6.92 Å². The van der Waals surface area contributed by atoms with E-state index < -0.39 is 0 Å². The summed E-state index contributed by atoms with van der Waals surface area (Å²) in [4.78, 5) is 8.08. The van der Waals surface area contributed by atoms with E-state index in [1.165, 1.54) is 0 Å². The van der Waals surface area contributed by atoms with Gasteiger partial charge in [-0.25, -0.2) is 9.97 Å². The minimum atomic E-state index is 0.454. The van der Waals surface area contributed by atoms with Crippen LogP contribution in [0.25, 0.3) is 5.65 Å². The predicted octanol–water partition coefficient (Wildman–Crippen LogP) is 2.72. The summed E-state index contributed by atoms with van der Waals surface area (Å²) in [5.74, 6) is 0. The molecule has 0 fully saturated rings. The van der Waals surface area contributed by atoms with E-state index in [-0.39, 0.29) is 0 Å². The van der Waals surface area contributed by atoms with Crippen LogP contribution < -0.4 is 0 Å². The lowest BCUT2D eigenvalue weighted by atomic mass is 10.5. The number of fused-ring (bicyclic) bond motifs is 1. The second-order valence-electron chi connectivity index (χ2n) is 2.33. The van der Waals surface area contributed by atoms with Gasteiger partial charge in [0, 0.05) is 18.6 Å². The average molecular weight is 198 g/mol. The van der Waals surface area contributed by atoms with Gasteiger partial charge in [0.15, 0.2) is 10.8 Å². The number of hydrogen-bond acceptors (Lipinski definition) is 2. The summed E-state index contributed by atoms with van der Waals surface area (Å²) in [6, 6.07) is 0. The molecule has 4 heteroatoms. The molecule has 0 bridgehead atoms. The third-order valence-corrected chi connectivity index (χ3v) is 1.71.